The first kappa shape index (κ1) is 17.2. The van der Waals surface area contributed by atoms with Crippen molar-refractivity contribution in [3.63, 3.8) is 0 Å². The number of carbonyl (C=O) groups is 1. The number of nitrogens with one attached hydrogen (secondary N) is 2. The van der Waals surface area contributed by atoms with Gasteiger partial charge in [-0.1, -0.05) is 11.6 Å². The van der Waals surface area contributed by atoms with Crippen LogP contribution in [0.1, 0.15) is 18.1 Å². The van der Waals surface area contributed by atoms with Gasteiger partial charge in [0.2, 0.25) is 5.91 Å². The summed E-state index contributed by atoms with van der Waals surface area (Å²) >= 11 is 6.09. The van der Waals surface area contributed by atoms with Crippen LogP contribution in [0.5, 0.6) is 11.5 Å². The number of amides is 1. The molecule has 9 heteroatoms. The molecule has 0 aromatic heterocycles. The summed E-state index contributed by atoms with van der Waals surface area (Å²) in [5, 5.41) is 15.4. The van der Waals surface area contributed by atoms with Gasteiger partial charge >= 0.3 is 0 Å². The monoisotopic (exact) mass is 362 g/mol. The summed E-state index contributed by atoms with van der Waals surface area (Å²) in [7, 11) is 0. The molecule has 0 saturated carbocycles. The molecule has 1 fully saturated rings. The van der Waals surface area contributed by atoms with Crippen LogP contribution in [0.25, 0.3) is 0 Å². The molecule has 2 atom stereocenters. The molecule has 1 aromatic carbocycles. The number of ether oxygens (including phenoxy) is 2. The van der Waals surface area contributed by atoms with Gasteiger partial charge in [-0.15, -0.1) is 0 Å². The highest BCUT2D eigenvalue weighted by molar-refractivity contribution is 6.32. The summed E-state index contributed by atoms with van der Waals surface area (Å²) in [6.45, 7) is 0.120. The average molecular weight is 363 g/mol. The molecule has 2 aliphatic heterocycles. The average Bonchev–Trinajstić information content (AvgIpc) is 2.92. The highest BCUT2D eigenvalue weighted by Gasteiger charge is 2.42. The van der Waals surface area contributed by atoms with E-state index in [2.05, 4.69) is 10.6 Å². The van der Waals surface area contributed by atoms with Crippen molar-refractivity contribution in [1.82, 2.24) is 10.6 Å². The predicted molar refractivity (Wildman–Crippen MR) is 81.8 cm³/mol. The summed E-state index contributed by atoms with van der Waals surface area (Å²) in [4.78, 5) is 11.9. The minimum Gasteiger partial charge on any atom is -0.486 e. The van der Waals surface area contributed by atoms with Crippen LogP contribution in [0.3, 0.4) is 0 Å². The van der Waals surface area contributed by atoms with Gasteiger partial charge in [0, 0.05) is 13.0 Å². The van der Waals surface area contributed by atoms with Crippen LogP contribution in [0, 0.1) is 0 Å². The van der Waals surface area contributed by atoms with Crippen molar-refractivity contribution >= 4 is 17.5 Å². The van der Waals surface area contributed by atoms with E-state index < -0.39 is 36.9 Å². The van der Waals surface area contributed by atoms with E-state index >= 15 is 0 Å². The van der Waals surface area contributed by atoms with E-state index in [1.165, 1.54) is 6.07 Å². The third kappa shape index (κ3) is 3.71. The number of aliphatic hydroxyl groups is 1. The zero-order valence-electron chi connectivity index (χ0n) is 12.7. The molecular formula is C15H17ClF2N2O4. The lowest BCUT2D eigenvalue weighted by molar-refractivity contribution is -0.123. The molecule has 0 spiro atoms. The van der Waals surface area contributed by atoms with Crippen LogP contribution in [0.4, 0.5) is 8.78 Å². The van der Waals surface area contributed by atoms with Crippen LogP contribution in [0.15, 0.2) is 12.1 Å². The highest BCUT2D eigenvalue weighted by atomic mass is 35.5. The lowest BCUT2D eigenvalue weighted by atomic mass is 10.1. The zero-order valence-corrected chi connectivity index (χ0v) is 13.4. The molecule has 1 saturated heterocycles. The lowest BCUT2D eigenvalue weighted by Crippen LogP contribution is -2.41. The molecule has 0 radical (unpaired) electrons. The third-order valence-corrected chi connectivity index (χ3v) is 4.18. The number of benzene rings is 1. The summed E-state index contributed by atoms with van der Waals surface area (Å²) < 4.78 is 37.0. The third-order valence-electron chi connectivity index (χ3n) is 3.90. The second-order valence-electron chi connectivity index (χ2n) is 5.78. The Balaban J connectivity index is 1.60. The molecule has 3 rings (SSSR count). The molecule has 2 unspecified atom stereocenters. The zero-order chi connectivity index (χ0) is 17.3. The Morgan fingerprint density at radius 3 is 2.92 bits per heavy atom. The Morgan fingerprint density at radius 2 is 2.21 bits per heavy atom. The van der Waals surface area contributed by atoms with Gasteiger partial charge in [0.15, 0.2) is 11.5 Å². The second-order valence-corrected chi connectivity index (χ2v) is 6.19. The van der Waals surface area contributed by atoms with Gasteiger partial charge in [-0.3, -0.25) is 10.1 Å². The van der Waals surface area contributed by atoms with Gasteiger partial charge in [-0.25, -0.2) is 8.78 Å². The first-order valence-corrected chi connectivity index (χ1v) is 7.89. The van der Waals surface area contributed by atoms with E-state index in [1.54, 1.807) is 6.07 Å². The smallest absolute Gasteiger partial charge is 0.262 e. The molecule has 2 aliphatic rings. The van der Waals surface area contributed by atoms with Gasteiger partial charge in [-0.05, 0) is 17.7 Å². The van der Waals surface area contributed by atoms with E-state index in [0.717, 1.165) is 0 Å². The van der Waals surface area contributed by atoms with E-state index in [0.29, 0.717) is 35.3 Å². The Kier molecular flexibility index (Phi) is 4.80. The van der Waals surface area contributed by atoms with Crippen LogP contribution >= 0.6 is 11.6 Å². The maximum Gasteiger partial charge on any atom is 0.262 e. The van der Waals surface area contributed by atoms with Gasteiger partial charge in [0.1, 0.15) is 13.2 Å². The fourth-order valence-electron chi connectivity index (χ4n) is 2.66. The van der Waals surface area contributed by atoms with E-state index in [1.807, 2.05) is 0 Å². The van der Waals surface area contributed by atoms with E-state index in [4.69, 9.17) is 21.1 Å². The van der Waals surface area contributed by atoms with Crippen molar-refractivity contribution in [3.8, 4) is 11.5 Å². The van der Waals surface area contributed by atoms with Crippen LogP contribution in [0.2, 0.25) is 5.02 Å². The van der Waals surface area contributed by atoms with Crippen LogP contribution in [-0.4, -0.2) is 49.3 Å². The maximum atomic E-state index is 13.1. The number of hydrogen-bond acceptors (Lipinski definition) is 5. The fraction of sp³-hybridized carbons (Fsp3) is 0.533. The number of hydrogen-bond donors (Lipinski definition) is 3. The summed E-state index contributed by atoms with van der Waals surface area (Å²) in [5.74, 6) is -2.62. The molecule has 132 valence electrons. The highest BCUT2D eigenvalue weighted by Crippen LogP contribution is 2.39. The number of carbonyl (C=O) groups excluding carboxylic acids is 1. The molecule has 1 amide bonds. The SMILES string of the molecule is O=C(NCC(O)c1cc(Cl)c2c(c1)OCCO2)C1CC(F)(F)CN1. The molecule has 0 aliphatic carbocycles. The van der Waals surface area contributed by atoms with Crippen LogP contribution < -0.4 is 20.1 Å². The van der Waals surface area contributed by atoms with Crippen LogP contribution in [-0.2, 0) is 4.79 Å². The second kappa shape index (κ2) is 6.70. The van der Waals surface area contributed by atoms with E-state index in [-0.39, 0.29) is 6.54 Å². The minimum absolute atomic E-state index is 0.126. The quantitative estimate of drug-likeness (QED) is 0.751. The Labute approximate surface area is 142 Å². The molecule has 3 N–H and O–H groups in total. The Hall–Kier alpha value is -1.64. The number of alkyl halides is 2. The predicted octanol–water partition coefficient (Wildman–Crippen LogP) is 1.26. The topological polar surface area (TPSA) is 79.8 Å². The minimum atomic E-state index is -2.88. The molecule has 0 bridgehead atoms. The number of aliphatic hydroxyl groups excluding tert-OH is 1. The maximum absolute atomic E-state index is 13.1. The van der Waals surface area contributed by atoms with Crippen molar-refractivity contribution in [3.05, 3.63) is 22.7 Å². The van der Waals surface area contributed by atoms with Crippen molar-refractivity contribution < 1.29 is 28.2 Å². The summed E-state index contributed by atoms with van der Waals surface area (Å²) in [6.07, 6.45) is -1.60. The number of halogens is 3. The molecule has 1 aromatic rings. The molecule has 24 heavy (non-hydrogen) atoms. The van der Waals surface area contributed by atoms with Gasteiger partial charge in [0.05, 0.1) is 23.7 Å². The largest absolute Gasteiger partial charge is 0.486 e. The van der Waals surface area contributed by atoms with Crippen molar-refractivity contribution in [2.75, 3.05) is 26.3 Å². The van der Waals surface area contributed by atoms with Gasteiger partial charge in [0.25, 0.3) is 5.92 Å². The fourth-order valence-corrected chi connectivity index (χ4v) is 2.94. The van der Waals surface area contributed by atoms with Crippen molar-refractivity contribution in [1.29, 1.82) is 0 Å². The summed E-state index contributed by atoms with van der Waals surface area (Å²) in [6, 6.07) is 2.14. The Morgan fingerprint density at radius 1 is 1.46 bits per heavy atom. The van der Waals surface area contributed by atoms with Crippen molar-refractivity contribution in [2.24, 2.45) is 0 Å². The number of rotatable bonds is 4. The molecule has 6 nitrogen and oxygen atoms in total. The van der Waals surface area contributed by atoms with Gasteiger partial charge in [-0.2, -0.15) is 0 Å². The molecule has 2 heterocycles. The standard InChI is InChI=1S/C15H17ClF2N2O4/c16-9-3-8(4-12-13(9)24-2-1-23-12)11(21)6-19-14(22)10-5-15(17,18)7-20-10/h3-4,10-11,20-21H,1-2,5-7H2,(H,19,22). The summed E-state index contributed by atoms with van der Waals surface area (Å²) in [5.41, 5.74) is 0.439. The Bertz CT molecular complexity index is 644. The van der Waals surface area contributed by atoms with Crippen molar-refractivity contribution in [2.45, 2.75) is 24.5 Å². The normalized spacial score (nSPS) is 22.9. The van der Waals surface area contributed by atoms with E-state index in [9.17, 15) is 18.7 Å². The number of fused-ring (bicyclic) bond motifs is 1. The molecular weight excluding hydrogens is 346 g/mol. The first-order chi connectivity index (χ1) is 11.4. The first-order valence-electron chi connectivity index (χ1n) is 7.52. The lowest BCUT2D eigenvalue weighted by Gasteiger charge is -2.22. The van der Waals surface area contributed by atoms with Gasteiger partial charge < -0.3 is 19.9 Å².